The number of carbonyl (C=O) groups excluding carboxylic acids is 1. The molecule has 0 radical (unpaired) electrons. The summed E-state index contributed by atoms with van der Waals surface area (Å²) < 4.78 is 2.25. The lowest BCUT2D eigenvalue weighted by Crippen LogP contribution is -2.41. The second-order valence-electron chi connectivity index (χ2n) is 8.14. The van der Waals surface area contributed by atoms with Crippen LogP contribution in [0.5, 0.6) is 0 Å². The number of benzene rings is 1. The fraction of sp³-hybridized carbons (Fsp3) is 0.455. The average molecular weight is 425 g/mol. The zero-order valence-corrected chi connectivity index (χ0v) is 17.6. The van der Waals surface area contributed by atoms with Gasteiger partial charge in [-0.3, -0.25) is 4.79 Å². The van der Waals surface area contributed by atoms with Crippen molar-refractivity contribution in [2.24, 2.45) is 5.92 Å². The topological polar surface area (TPSA) is 75.9 Å². The van der Waals surface area contributed by atoms with Gasteiger partial charge in [0.15, 0.2) is 17.0 Å². The molecule has 4 heterocycles. The third-order valence-corrected chi connectivity index (χ3v) is 6.33. The molecule has 1 saturated heterocycles. The van der Waals surface area contributed by atoms with Crippen LogP contribution in [0.1, 0.15) is 37.9 Å². The van der Waals surface area contributed by atoms with Gasteiger partial charge in [-0.15, -0.1) is 0 Å². The smallest absolute Gasteiger partial charge is 0.229 e. The van der Waals surface area contributed by atoms with Gasteiger partial charge in [0.2, 0.25) is 5.91 Å². The number of piperidine rings is 1. The van der Waals surface area contributed by atoms with Crippen LogP contribution in [0.3, 0.4) is 0 Å². The summed E-state index contributed by atoms with van der Waals surface area (Å²) in [4.78, 5) is 29.1. The van der Waals surface area contributed by atoms with E-state index in [1.807, 2.05) is 12.1 Å². The number of anilines is 2. The van der Waals surface area contributed by atoms with E-state index in [0.29, 0.717) is 11.6 Å². The number of hydrogen-bond acceptors (Lipinski definition) is 5. The zero-order valence-electron chi connectivity index (χ0n) is 16.9. The molecule has 3 aromatic rings. The van der Waals surface area contributed by atoms with Gasteiger partial charge in [-0.2, -0.15) is 0 Å². The van der Waals surface area contributed by atoms with Crippen LogP contribution < -0.4 is 10.2 Å². The summed E-state index contributed by atoms with van der Waals surface area (Å²) in [6.07, 6.45) is 8.00. The number of halogens is 1. The molecule has 1 amide bonds. The van der Waals surface area contributed by atoms with Crippen molar-refractivity contribution in [1.29, 1.82) is 0 Å². The normalized spacial score (nSPS) is 19.4. The van der Waals surface area contributed by atoms with Crippen molar-refractivity contribution in [3.63, 3.8) is 0 Å². The summed E-state index contributed by atoms with van der Waals surface area (Å²) in [5.74, 6) is 1.90. The monoisotopic (exact) mass is 424 g/mol. The van der Waals surface area contributed by atoms with Gasteiger partial charge in [-0.1, -0.05) is 18.0 Å². The molecule has 1 fully saturated rings. The fourth-order valence-corrected chi connectivity index (χ4v) is 4.64. The molecule has 2 aromatic heterocycles. The zero-order chi connectivity index (χ0) is 20.5. The van der Waals surface area contributed by atoms with Gasteiger partial charge in [0, 0.05) is 36.8 Å². The van der Waals surface area contributed by atoms with Crippen molar-refractivity contribution in [3.05, 3.63) is 41.4 Å². The minimum absolute atomic E-state index is 0.0351. The van der Waals surface area contributed by atoms with Crippen LogP contribution >= 0.6 is 11.6 Å². The van der Waals surface area contributed by atoms with Crippen molar-refractivity contribution < 1.29 is 4.79 Å². The van der Waals surface area contributed by atoms with Crippen LogP contribution in [-0.4, -0.2) is 38.5 Å². The number of aromatic nitrogens is 4. The van der Waals surface area contributed by atoms with E-state index in [2.05, 4.69) is 24.8 Å². The second kappa shape index (κ2) is 8.22. The quantitative estimate of drug-likeness (QED) is 0.686. The highest BCUT2D eigenvalue weighted by atomic mass is 35.5. The highest BCUT2D eigenvalue weighted by Crippen LogP contribution is 2.29. The van der Waals surface area contributed by atoms with Crippen LogP contribution in [0.15, 0.2) is 30.6 Å². The predicted octanol–water partition coefficient (Wildman–Crippen LogP) is 4.06. The lowest BCUT2D eigenvalue weighted by molar-refractivity contribution is -0.120. The number of rotatable bonds is 3. The van der Waals surface area contributed by atoms with E-state index in [1.165, 1.54) is 12.8 Å². The van der Waals surface area contributed by atoms with E-state index in [4.69, 9.17) is 16.6 Å². The number of imidazole rings is 1. The van der Waals surface area contributed by atoms with E-state index in [1.54, 1.807) is 18.5 Å². The molecule has 1 aromatic carbocycles. The Kier molecular flexibility index (Phi) is 5.29. The molecule has 7 nitrogen and oxygen atoms in total. The number of nitrogens with one attached hydrogen (secondary N) is 1. The van der Waals surface area contributed by atoms with E-state index < -0.39 is 0 Å². The van der Waals surface area contributed by atoms with Gasteiger partial charge < -0.3 is 14.8 Å². The van der Waals surface area contributed by atoms with E-state index in [0.717, 1.165) is 67.3 Å². The molecule has 1 atom stereocenters. The molecular formula is C22H25ClN6O. The van der Waals surface area contributed by atoms with Crippen LogP contribution in [0.4, 0.5) is 11.5 Å². The molecule has 30 heavy (non-hydrogen) atoms. The van der Waals surface area contributed by atoms with Crippen molar-refractivity contribution >= 4 is 40.2 Å². The lowest BCUT2D eigenvalue weighted by Gasteiger charge is -2.32. The summed E-state index contributed by atoms with van der Waals surface area (Å²) in [7, 11) is 0. The number of fused-ring (bicyclic) bond motifs is 3. The summed E-state index contributed by atoms with van der Waals surface area (Å²) in [6, 6.07) is 7.22. The number of aryl methyl sites for hydroxylation is 2. The SMILES string of the molecule is O=C(Nc1ccc(Cl)cc1)[C@H]1CCCN(c2ncnc3c2nc2n3CCCCC2)C1. The second-order valence-corrected chi connectivity index (χ2v) is 8.58. The molecule has 1 N–H and O–H groups in total. The molecule has 8 heteroatoms. The highest BCUT2D eigenvalue weighted by molar-refractivity contribution is 6.30. The summed E-state index contributed by atoms with van der Waals surface area (Å²) >= 11 is 5.94. The van der Waals surface area contributed by atoms with Crippen molar-refractivity contribution in [1.82, 2.24) is 19.5 Å². The first kappa shape index (κ1) is 19.3. The highest BCUT2D eigenvalue weighted by Gasteiger charge is 2.29. The third-order valence-electron chi connectivity index (χ3n) is 6.08. The summed E-state index contributed by atoms with van der Waals surface area (Å²) in [6.45, 7) is 2.47. The largest absolute Gasteiger partial charge is 0.354 e. The molecule has 0 saturated carbocycles. The van der Waals surface area contributed by atoms with Gasteiger partial charge in [-0.05, 0) is 49.9 Å². The van der Waals surface area contributed by atoms with Gasteiger partial charge in [0.1, 0.15) is 12.2 Å². The van der Waals surface area contributed by atoms with Crippen molar-refractivity contribution in [2.45, 2.75) is 45.1 Å². The number of hydrogen-bond donors (Lipinski definition) is 1. The molecule has 2 aliphatic heterocycles. The maximum Gasteiger partial charge on any atom is 0.229 e. The summed E-state index contributed by atoms with van der Waals surface area (Å²) in [5, 5.41) is 3.67. The maximum atomic E-state index is 12.9. The fourth-order valence-electron chi connectivity index (χ4n) is 4.52. The Morgan fingerprint density at radius 1 is 1.07 bits per heavy atom. The summed E-state index contributed by atoms with van der Waals surface area (Å²) in [5.41, 5.74) is 2.56. The molecule has 2 aliphatic rings. The van der Waals surface area contributed by atoms with E-state index in [9.17, 15) is 4.79 Å². The molecule has 0 unspecified atom stereocenters. The van der Waals surface area contributed by atoms with Gasteiger partial charge in [0.05, 0.1) is 5.92 Å². The van der Waals surface area contributed by atoms with Crippen molar-refractivity contribution in [2.75, 3.05) is 23.3 Å². The Bertz CT molecular complexity index is 1060. The number of nitrogens with zero attached hydrogens (tertiary/aromatic N) is 5. The third kappa shape index (κ3) is 3.74. The first-order valence-electron chi connectivity index (χ1n) is 10.7. The van der Waals surface area contributed by atoms with Gasteiger partial charge in [0.25, 0.3) is 0 Å². The first-order valence-corrected chi connectivity index (χ1v) is 11.1. The predicted molar refractivity (Wildman–Crippen MR) is 118 cm³/mol. The van der Waals surface area contributed by atoms with Gasteiger partial charge in [-0.25, -0.2) is 15.0 Å². The Hall–Kier alpha value is -2.67. The van der Waals surface area contributed by atoms with E-state index >= 15 is 0 Å². The van der Waals surface area contributed by atoms with Gasteiger partial charge >= 0.3 is 0 Å². The minimum Gasteiger partial charge on any atom is -0.354 e. The number of amides is 1. The maximum absolute atomic E-state index is 12.9. The van der Waals surface area contributed by atoms with Crippen LogP contribution in [0.25, 0.3) is 11.2 Å². The minimum atomic E-state index is -0.0973. The van der Waals surface area contributed by atoms with Crippen LogP contribution in [0.2, 0.25) is 5.02 Å². The van der Waals surface area contributed by atoms with Crippen molar-refractivity contribution in [3.8, 4) is 0 Å². The van der Waals surface area contributed by atoms with Crippen LogP contribution in [0, 0.1) is 5.92 Å². The lowest BCUT2D eigenvalue weighted by atomic mass is 9.97. The average Bonchev–Trinajstić information content (AvgIpc) is 2.96. The van der Waals surface area contributed by atoms with E-state index in [-0.39, 0.29) is 11.8 Å². The number of carbonyl (C=O) groups is 1. The Morgan fingerprint density at radius 3 is 2.80 bits per heavy atom. The Labute approximate surface area is 180 Å². The Morgan fingerprint density at radius 2 is 1.93 bits per heavy atom. The molecule has 156 valence electrons. The Balaban J connectivity index is 1.37. The van der Waals surface area contributed by atoms with Crippen LogP contribution in [-0.2, 0) is 17.8 Å². The molecule has 5 rings (SSSR count). The molecule has 0 aliphatic carbocycles. The standard InChI is InChI=1S/C22H25ClN6O/c23-16-7-9-17(10-8-16)26-22(30)15-5-4-11-28(13-15)20-19-21(25-14-24-20)29-12-3-1-2-6-18(29)27-19/h7-10,14-15H,1-6,11-13H2,(H,26,30)/t15-/m0/s1. The molecular weight excluding hydrogens is 400 g/mol. The first-order chi connectivity index (χ1) is 14.7. The molecule has 0 bridgehead atoms. The molecule has 0 spiro atoms.